The number of fused-ring (bicyclic) bond motifs is 1. The van der Waals surface area contributed by atoms with Crippen LogP contribution in [0, 0.1) is 5.92 Å². The van der Waals surface area contributed by atoms with E-state index in [2.05, 4.69) is 10.3 Å². The molecule has 1 atom stereocenters. The Bertz CT molecular complexity index is 899. The average molecular weight is 355 g/mol. The third-order valence-electron chi connectivity index (χ3n) is 5.33. The SMILES string of the molecule is CNC(=O)C1CC(=O)N(C2CN(C(=O)c3cccc4ncn(C)c34)C2)C1. The molecular formula is C18H21N5O3. The van der Waals surface area contributed by atoms with Crippen LogP contribution in [-0.2, 0) is 16.6 Å². The molecule has 136 valence electrons. The van der Waals surface area contributed by atoms with Crippen LogP contribution in [0.25, 0.3) is 11.0 Å². The highest BCUT2D eigenvalue weighted by molar-refractivity contribution is 6.05. The molecule has 0 radical (unpaired) electrons. The fourth-order valence-corrected chi connectivity index (χ4v) is 3.84. The lowest BCUT2D eigenvalue weighted by molar-refractivity contribution is -0.132. The molecule has 26 heavy (non-hydrogen) atoms. The van der Waals surface area contributed by atoms with Gasteiger partial charge in [-0.15, -0.1) is 0 Å². The lowest BCUT2D eigenvalue weighted by Crippen LogP contribution is -2.61. The fourth-order valence-electron chi connectivity index (χ4n) is 3.84. The van der Waals surface area contributed by atoms with Crippen LogP contribution in [0.4, 0.5) is 0 Å². The second-order valence-electron chi connectivity index (χ2n) is 6.95. The third kappa shape index (κ3) is 2.53. The predicted octanol–water partition coefficient (Wildman–Crippen LogP) is -0.00780. The van der Waals surface area contributed by atoms with Crippen molar-refractivity contribution in [2.45, 2.75) is 12.5 Å². The van der Waals surface area contributed by atoms with Gasteiger partial charge in [-0.1, -0.05) is 6.07 Å². The number of benzene rings is 1. The summed E-state index contributed by atoms with van der Waals surface area (Å²) in [5.74, 6) is -0.453. The first-order chi connectivity index (χ1) is 12.5. The van der Waals surface area contributed by atoms with E-state index in [0.29, 0.717) is 25.2 Å². The molecule has 3 heterocycles. The Morgan fingerprint density at radius 1 is 1.23 bits per heavy atom. The molecule has 0 aliphatic carbocycles. The molecule has 0 saturated carbocycles. The zero-order valence-corrected chi connectivity index (χ0v) is 14.8. The van der Waals surface area contributed by atoms with Crippen molar-refractivity contribution in [2.24, 2.45) is 13.0 Å². The van der Waals surface area contributed by atoms with Gasteiger partial charge in [-0.2, -0.15) is 0 Å². The minimum atomic E-state index is -0.291. The quantitative estimate of drug-likeness (QED) is 0.839. The molecule has 2 aromatic rings. The summed E-state index contributed by atoms with van der Waals surface area (Å²) in [5, 5.41) is 2.60. The number of nitrogens with one attached hydrogen (secondary N) is 1. The summed E-state index contributed by atoms with van der Waals surface area (Å²) in [6, 6.07) is 5.51. The van der Waals surface area contributed by atoms with E-state index < -0.39 is 0 Å². The van der Waals surface area contributed by atoms with Crippen molar-refractivity contribution in [3.05, 3.63) is 30.1 Å². The zero-order valence-electron chi connectivity index (χ0n) is 14.8. The van der Waals surface area contributed by atoms with E-state index in [1.54, 1.807) is 23.2 Å². The smallest absolute Gasteiger partial charge is 0.256 e. The second-order valence-corrected chi connectivity index (χ2v) is 6.95. The number of hydrogen-bond donors (Lipinski definition) is 1. The maximum Gasteiger partial charge on any atom is 0.256 e. The molecule has 1 N–H and O–H groups in total. The monoisotopic (exact) mass is 355 g/mol. The Morgan fingerprint density at radius 2 is 2.00 bits per heavy atom. The topological polar surface area (TPSA) is 87.5 Å². The normalized spacial score (nSPS) is 20.5. The number of nitrogens with zero attached hydrogens (tertiary/aromatic N) is 4. The highest BCUT2D eigenvalue weighted by atomic mass is 16.2. The van der Waals surface area contributed by atoms with E-state index >= 15 is 0 Å². The van der Waals surface area contributed by atoms with Crippen LogP contribution >= 0.6 is 0 Å². The highest BCUT2D eigenvalue weighted by Gasteiger charge is 2.43. The number of aryl methyl sites for hydroxylation is 1. The highest BCUT2D eigenvalue weighted by Crippen LogP contribution is 2.27. The van der Waals surface area contributed by atoms with Gasteiger partial charge in [-0.3, -0.25) is 14.4 Å². The minimum absolute atomic E-state index is 0.00755. The molecule has 2 aliphatic rings. The third-order valence-corrected chi connectivity index (χ3v) is 5.33. The number of para-hydroxylation sites is 1. The minimum Gasteiger partial charge on any atom is -0.359 e. The van der Waals surface area contributed by atoms with Crippen LogP contribution in [0.2, 0.25) is 0 Å². The molecule has 8 nitrogen and oxygen atoms in total. The molecule has 0 bridgehead atoms. The van der Waals surface area contributed by atoms with Crippen LogP contribution < -0.4 is 5.32 Å². The fraction of sp³-hybridized carbons (Fsp3) is 0.444. The summed E-state index contributed by atoms with van der Waals surface area (Å²) >= 11 is 0. The standard InChI is InChI=1S/C18H21N5O3/c1-19-17(25)11-6-15(24)23(7-11)12-8-22(9-12)18(26)13-4-3-5-14-16(13)21(2)10-20-14/h3-5,10-12H,6-9H2,1-2H3,(H,19,25). The van der Waals surface area contributed by atoms with E-state index in [0.717, 1.165) is 11.0 Å². The summed E-state index contributed by atoms with van der Waals surface area (Å²) in [7, 11) is 3.45. The van der Waals surface area contributed by atoms with Gasteiger partial charge in [0.05, 0.1) is 34.9 Å². The predicted molar refractivity (Wildman–Crippen MR) is 94.3 cm³/mol. The number of amides is 3. The van der Waals surface area contributed by atoms with Crippen molar-refractivity contribution in [3.63, 3.8) is 0 Å². The first-order valence-electron chi connectivity index (χ1n) is 8.70. The van der Waals surface area contributed by atoms with Gasteiger partial charge in [-0.05, 0) is 12.1 Å². The van der Waals surface area contributed by atoms with Crippen molar-refractivity contribution >= 4 is 28.8 Å². The maximum atomic E-state index is 12.9. The number of likely N-dealkylation sites (tertiary alicyclic amines) is 2. The Hall–Kier alpha value is -2.90. The molecule has 2 saturated heterocycles. The van der Waals surface area contributed by atoms with E-state index in [-0.39, 0.29) is 36.1 Å². The van der Waals surface area contributed by atoms with Gasteiger partial charge in [0, 0.05) is 40.2 Å². The molecule has 1 aromatic carbocycles. The molecular weight excluding hydrogens is 334 g/mol. The first kappa shape index (κ1) is 16.6. The zero-order chi connectivity index (χ0) is 18.4. The van der Waals surface area contributed by atoms with Gasteiger partial charge in [0.25, 0.3) is 5.91 Å². The van der Waals surface area contributed by atoms with Crippen molar-refractivity contribution in [3.8, 4) is 0 Å². The summed E-state index contributed by atoms with van der Waals surface area (Å²) < 4.78 is 1.85. The molecule has 2 fully saturated rings. The molecule has 0 spiro atoms. The van der Waals surface area contributed by atoms with Crippen molar-refractivity contribution in [1.29, 1.82) is 0 Å². The number of aromatic nitrogens is 2. The van der Waals surface area contributed by atoms with Gasteiger partial charge in [0.15, 0.2) is 0 Å². The van der Waals surface area contributed by atoms with Gasteiger partial charge in [-0.25, -0.2) is 4.98 Å². The first-order valence-corrected chi connectivity index (χ1v) is 8.70. The number of rotatable bonds is 3. The molecule has 4 rings (SSSR count). The van der Waals surface area contributed by atoms with Gasteiger partial charge < -0.3 is 19.7 Å². The van der Waals surface area contributed by atoms with E-state index in [1.165, 1.54) is 0 Å². The second kappa shape index (κ2) is 6.12. The van der Waals surface area contributed by atoms with E-state index in [4.69, 9.17) is 0 Å². The van der Waals surface area contributed by atoms with E-state index in [9.17, 15) is 14.4 Å². The Kier molecular flexibility index (Phi) is 3.90. The lowest BCUT2D eigenvalue weighted by atomic mass is 10.0. The van der Waals surface area contributed by atoms with Crippen LogP contribution in [0.15, 0.2) is 24.5 Å². The number of carbonyl (C=O) groups excluding carboxylic acids is 3. The van der Waals surface area contributed by atoms with Crippen molar-refractivity contribution in [1.82, 2.24) is 24.7 Å². The molecule has 2 aliphatic heterocycles. The molecule has 3 amide bonds. The molecule has 1 unspecified atom stereocenters. The van der Waals surface area contributed by atoms with E-state index in [1.807, 2.05) is 29.8 Å². The van der Waals surface area contributed by atoms with Crippen LogP contribution in [0.3, 0.4) is 0 Å². The van der Waals surface area contributed by atoms with Gasteiger partial charge >= 0.3 is 0 Å². The Morgan fingerprint density at radius 3 is 2.73 bits per heavy atom. The summed E-state index contributed by atoms with van der Waals surface area (Å²) in [4.78, 5) is 44.6. The number of imidazole rings is 1. The van der Waals surface area contributed by atoms with Crippen LogP contribution in [0.5, 0.6) is 0 Å². The Balaban J connectivity index is 1.45. The summed E-state index contributed by atoms with van der Waals surface area (Å²) in [5.41, 5.74) is 2.23. The van der Waals surface area contributed by atoms with Crippen LogP contribution in [-0.4, -0.2) is 69.8 Å². The van der Waals surface area contributed by atoms with Crippen LogP contribution in [0.1, 0.15) is 16.8 Å². The maximum absolute atomic E-state index is 12.9. The Labute approximate surface area is 150 Å². The van der Waals surface area contributed by atoms with Gasteiger partial charge in [0.2, 0.25) is 11.8 Å². The summed E-state index contributed by atoms with van der Waals surface area (Å²) in [6.45, 7) is 1.43. The van der Waals surface area contributed by atoms with Crippen molar-refractivity contribution in [2.75, 3.05) is 26.7 Å². The largest absolute Gasteiger partial charge is 0.359 e. The lowest BCUT2D eigenvalue weighted by Gasteiger charge is -2.44. The summed E-state index contributed by atoms with van der Waals surface area (Å²) in [6.07, 6.45) is 1.95. The molecule has 8 heteroatoms. The van der Waals surface area contributed by atoms with Gasteiger partial charge in [0.1, 0.15) is 0 Å². The number of hydrogen-bond acceptors (Lipinski definition) is 4. The van der Waals surface area contributed by atoms with Crippen molar-refractivity contribution < 1.29 is 14.4 Å². The number of carbonyl (C=O) groups is 3. The average Bonchev–Trinajstić information content (AvgIpc) is 3.16. The molecule has 1 aromatic heterocycles.